The van der Waals surface area contributed by atoms with Crippen molar-refractivity contribution in [3.63, 3.8) is 0 Å². The quantitative estimate of drug-likeness (QED) is 0.642. The number of amides is 1. The SMILES string of the molecule is O=C1C[C@H]2NCCc3cccc(c32)N1. The van der Waals surface area contributed by atoms with E-state index in [4.69, 9.17) is 0 Å². The van der Waals surface area contributed by atoms with Crippen molar-refractivity contribution in [3.8, 4) is 0 Å². The van der Waals surface area contributed by atoms with E-state index >= 15 is 0 Å². The van der Waals surface area contributed by atoms with Crippen molar-refractivity contribution in [2.24, 2.45) is 0 Å². The largest absolute Gasteiger partial charge is 0.326 e. The van der Waals surface area contributed by atoms with Crippen molar-refractivity contribution in [2.45, 2.75) is 18.9 Å². The highest BCUT2D eigenvalue weighted by atomic mass is 16.1. The van der Waals surface area contributed by atoms with Crippen LogP contribution >= 0.6 is 0 Å². The van der Waals surface area contributed by atoms with Crippen LogP contribution in [0.25, 0.3) is 0 Å². The molecule has 0 saturated carbocycles. The fraction of sp³-hybridized carbons (Fsp3) is 0.364. The van der Waals surface area contributed by atoms with E-state index in [1.165, 1.54) is 11.1 Å². The van der Waals surface area contributed by atoms with Crippen molar-refractivity contribution in [1.82, 2.24) is 5.32 Å². The van der Waals surface area contributed by atoms with Gasteiger partial charge in [-0.2, -0.15) is 0 Å². The molecule has 0 unspecified atom stereocenters. The Kier molecular flexibility index (Phi) is 1.61. The first kappa shape index (κ1) is 8.00. The van der Waals surface area contributed by atoms with Gasteiger partial charge >= 0.3 is 0 Å². The average Bonchev–Trinajstić information content (AvgIpc) is 2.18. The Morgan fingerprint density at radius 2 is 2.29 bits per heavy atom. The number of carbonyl (C=O) groups is 1. The number of hydrogen-bond donors (Lipinski definition) is 2. The van der Waals surface area contributed by atoms with Gasteiger partial charge in [-0.15, -0.1) is 0 Å². The Labute approximate surface area is 82.5 Å². The normalized spacial score (nSPS) is 24.0. The molecule has 14 heavy (non-hydrogen) atoms. The third-order valence-electron chi connectivity index (χ3n) is 2.99. The predicted molar refractivity (Wildman–Crippen MR) is 54.1 cm³/mol. The molecule has 0 bridgehead atoms. The summed E-state index contributed by atoms with van der Waals surface area (Å²) in [6, 6.07) is 6.39. The van der Waals surface area contributed by atoms with Crippen LogP contribution in [0.1, 0.15) is 23.6 Å². The van der Waals surface area contributed by atoms with E-state index < -0.39 is 0 Å². The summed E-state index contributed by atoms with van der Waals surface area (Å²) < 4.78 is 0. The highest BCUT2D eigenvalue weighted by Crippen LogP contribution is 2.35. The number of benzene rings is 1. The van der Waals surface area contributed by atoms with E-state index in [2.05, 4.69) is 16.7 Å². The minimum absolute atomic E-state index is 0.119. The van der Waals surface area contributed by atoms with Crippen LogP contribution in [-0.2, 0) is 11.2 Å². The van der Waals surface area contributed by atoms with Crippen LogP contribution in [0.4, 0.5) is 5.69 Å². The van der Waals surface area contributed by atoms with Crippen LogP contribution in [-0.4, -0.2) is 12.5 Å². The average molecular weight is 188 g/mol. The molecule has 2 aliphatic heterocycles. The molecule has 0 fully saturated rings. The van der Waals surface area contributed by atoms with Crippen LogP contribution in [0.2, 0.25) is 0 Å². The zero-order chi connectivity index (χ0) is 9.54. The first-order valence-corrected chi connectivity index (χ1v) is 4.99. The van der Waals surface area contributed by atoms with Gasteiger partial charge in [0.15, 0.2) is 0 Å². The first-order chi connectivity index (χ1) is 6.84. The van der Waals surface area contributed by atoms with Gasteiger partial charge in [0.2, 0.25) is 5.91 Å². The Bertz CT molecular complexity index is 400. The molecule has 72 valence electrons. The lowest BCUT2D eigenvalue weighted by Gasteiger charge is -2.32. The molecule has 3 rings (SSSR count). The van der Waals surface area contributed by atoms with Crippen molar-refractivity contribution in [3.05, 3.63) is 29.3 Å². The highest BCUT2D eigenvalue weighted by molar-refractivity contribution is 5.95. The van der Waals surface area contributed by atoms with Gasteiger partial charge in [0, 0.05) is 18.2 Å². The molecule has 0 spiro atoms. The van der Waals surface area contributed by atoms with Crippen LogP contribution in [0.3, 0.4) is 0 Å². The molecule has 0 aromatic heterocycles. The summed E-state index contributed by atoms with van der Waals surface area (Å²) in [6.45, 7) is 0.981. The molecule has 0 saturated heterocycles. The molecule has 0 radical (unpaired) electrons. The van der Waals surface area contributed by atoms with Gasteiger partial charge in [0.1, 0.15) is 0 Å². The van der Waals surface area contributed by atoms with Crippen molar-refractivity contribution in [2.75, 3.05) is 11.9 Å². The summed E-state index contributed by atoms with van der Waals surface area (Å²) in [5.74, 6) is 0.119. The predicted octanol–water partition coefficient (Wildman–Crippen LogP) is 1.22. The molecular formula is C11H12N2O. The maximum absolute atomic E-state index is 11.4. The van der Waals surface area contributed by atoms with E-state index in [-0.39, 0.29) is 11.9 Å². The molecule has 2 heterocycles. The fourth-order valence-electron chi connectivity index (χ4n) is 2.40. The zero-order valence-electron chi connectivity index (χ0n) is 7.84. The second-order valence-electron chi connectivity index (χ2n) is 3.89. The van der Waals surface area contributed by atoms with Gasteiger partial charge in [-0.05, 0) is 30.2 Å². The first-order valence-electron chi connectivity index (χ1n) is 4.99. The van der Waals surface area contributed by atoms with Crippen LogP contribution in [0, 0.1) is 0 Å². The third kappa shape index (κ3) is 1.06. The van der Waals surface area contributed by atoms with E-state index in [1.54, 1.807) is 0 Å². The Balaban J connectivity index is 2.18. The maximum Gasteiger partial charge on any atom is 0.226 e. The minimum Gasteiger partial charge on any atom is -0.326 e. The van der Waals surface area contributed by atoms with Crippen molar-refractivity contribution in [1.29, 1.82) is 0 Å². The van der Waals surface area contributed by atoms with Gasteiger partial charge in [0.25, 0.3) is 0 Å². The highest BCUT2D eigenvalue weighted by Gasteiger charge is 2.29. The summed E-state index contributed by atoms with van der Waals surface area (Å²) in [5.41, 5.74) is 3.68. The number of nitrogens with one attached hydrogen (secondary N) is 2. The third-order valence-corrected chi connectivity index (χ3v) is 2.99. The Morgan fingerprint density at radius 3 is 3.21 bits per heavy atom. The van der Waals surface area contributed by atoms with E-state index in [0.29, 0.717) is 6.42 Å². The number of anilines is 1. The zero-order valence-corrected chi connectivity index (χ0v) is 7.84. The second-order valence-corrected chi connectivity index (χ2v) is 3.89. The topological polar surface area (TPSA) is 41.1 Å². The lowest BCUT2D eigenvalue weighted by atomic mass is 9.88. The molecule has 1 atom stereocenters. The molecular weight excluding hydrogens is 176 g/mol. The number of rotatable bonds is 0. The van der Waals surface area contributed by atoms with Crippen LogP contribution < -0.4 is 10.6 Å². The van der Waals surface area contributed by atoms with Gasteiger partial charge in [-0.3, -0.25) is 4.79 Å². The molecule has 1 aromatic rings. The lowest BCUT2D eigenvalue weighted by Crippen LogP contribution is -2.36. The molecule has 0 aliphatic carbocycles. The Morgan fingerprint density at radius 1 is 1.36 bits per heavy atom. The fourth-order valence-corrected chi connectivity index (χ4v) is 2.40. The number of hydrogen-bond acceptors (Lipinski definition) is 2. The van der Waals surface area contributed by atoms with Crippen LogP contribution in [0.5, 0.6) is 0 Å². The summed E-state index contributed by atoms with van der Waals surface area (Å²) in [6.07, 6.45) is 1.64. The van der Waals surface area contributed by atoms with Crippen molar-refractivity contribution < 1.29 is 4.79 Å². The lowest BCUT2D eigenvalue weighted by molar-refractivity contribution is -0.117. The molecule has 3 heteroatoms. The van der Waals surface area contributed by atoms with E-state index in [0.717, 1.165) is 18.7 Å². The molecule has 1 amide bonds. The molecule has 2 aliphatic rings. The van der Waals surface area contributed by atoms with Crippen molar-refractivity contribution >= 4 is 11.6 Å². The standard InChI is InChI=1S/C11H12N2O/c14-10-6-9-11-7(4-5-12-9)2-1-3-8(11)13-10/h1-3,9,12H,4-6H2,(H,13,14)/t9-/m1/s1. The Hall–Kier alpha value is -1.35. The van der Waals surface area contributed by atoms with Gasteiger partial charge in [0.05, 0.1) is 0 Å². The summed E-state index contributed by atoms with van der Waals surface area (Å²) in [4.78, 5) is 11.4. The van der Waals surface area contributed by atoms with Crippen LogP contribution in [0.15, 0.2) is 18.2 Å². The summed E-state index contributed by atoms with van der Waals surface area (Å²) >= 11 is 0. The van der Waals surface area contributed by atoms with Gasteiger partial charge < -0.3 is 10.6 Å². The van der Waals surface area contributed by atoms with Gasteiger partial charge in [-0.25, -0.2) is 0 Å². The summed E-state index contributed by atoms with van der Waals surface area (Å²) in [5, 5.41) is 6.31. The molecule has 3 nitrogen and oxygen atoms in total. The van der Waals surface area contributed by atoms with E-state index in [9.17, 15) is 4.79 Å². The maximum atomic E-state index is 11.4. The minimum atomic E-state index is 0.119. The number of carbonyl (C=O) groups excluding carboxylic acids is 1. The smallest absolute Gasteiger partial charge is 0.226 e. The van der Waals surface area contributed by atoms with Gasteiger partial charge in [-0.1, -0.05) is 12.1 Å². The monoisotopic (exact) mass is 188 g/mol. The van der Waals surface area contributed by atoms with E-state index in [1.807, 2.05) is 12.1 Å². The molecule has 1 aromatic carbocycles. The summed E-state index contributed by atoms with van der Waals surface area (Å²) in [7, 11) is 0. The molecule has 2 N–H and O–H groups in total. The second kappa shape index (κ2) is 2.82.